The maximum atomic E-state index is 4.35. The van der Waals surface area contributed by atoms with Gasteiger partial charge in [-0.05, 0) is 12.8 Å². The predicted octanol–water partition coefficient (Wildman–Crippen LogP) is 1.78. The molecular weight excluding hydrogens is 220 g/mol. The molecule has 0 aliphatic rings. The second kappa shape index (κ2) is 7.22. The van der Waals surface area contributed by atoms with Crippen molar-refractivity contribution in [3.05, 3.63) is 16.1 Å². The van der Waals surface area contributed by atoms with E-state index in [-0.39, 0.29) is 0 Å². The molecule has 0 atom stereocenters. The molecule has 0 aliphatic heterocycles. The van der Waals surface area contributed by atoms with E-state index in [1.807, 2.05) is 6.20 Å². The Morgan fingerprint density at radius 2 is 2.25 bits per heavy atom. The van der Waals surface area contributed by atoms with Gasteiger partial charge in [0.05, 0.1) is 6.54 Å². The lowest BCUT2D eigenvalue weighted by Crippen LogP contribution is -2.37. The first-order valence-electron chi connectivity index (χ1n) is 5.68. The first kappa shape index (κ1) is 13.0. The van der Waals surface area contributed by atoms with Gasteiger partial charge in [0.25, 0.3) is 0 Å². The molecule has 0 aromatic carbocycles. The number of aromatic nitrogens is 1. The van der Waals surface area contributed by atoms with E-state index in [1.165, 1.54) is 4.88 Å². The number of aryl methyl sites for hydroxylation is 1. The molecule has 1 aromatic heterocycles. The van der Waals surface area contributed by atoms with Gasteiger partial charge < -0.3 is 10.6 Å². The van der Waals surface area contributed by atoms with E-state index in [1.54, 1.807) is 18.4 Å². The maximum Gasteiger partial charge on any atom is 0.191 e. The largest absolute Gasteiger partial charge is 0.356 e. The molecule has 0 fully saturated rings. The highest BCUT2D eigenvalue weighted by atomic mass is 32.1. The number of hydrogen-bond donors (Lipinski definition) is 2. The third-order valence-corrected chi connectivity index (χ3v) is 3.26. The van der Waals surface area contributed by atoms with E-state index in [0.717, 1.165) is 36.9 Å². The number of hydrogen-bond acceptors (Lipinski definition) is 3. The van der Waals surface area contributed by atoms with Gasteiger partial charge in [-0.25, -0.2) is 4.98 Å². The molecule has 16 heavy (non-hydrogen) atoms. The van der Waals surface area contributed by atoms with Crippen LogP contribution in [-0.4, -0.2) is 24.5 Å². The molecule has 0 spiro atoms. The molecule has 4 nitrogen and oxygen atoms in total. The second-order valence-corrected chi connectivity index (χ2v) is 4.63. The molecular formula is C11H20N4S. The zero-order valence-electron chi connectivity index (χ0n) is 10.2. The normalized spacial score (nSPS) is 11.6. The summed E-state index contributed by atoms with van der Waals surface area (Å²) in [6.07, 6.45) is 4.10. The van der Waals surface area contributed by atoms with Crippen LogP contribution in [0.25, 0.3) is 0 Å². The van der Waals surface area contributed by atoms with Crippen LogP contribution in [0.4, 0.5) is 0 Å². The van der Waals surface area contributed by atoms with Gasteiger partial charge in [0, 0.05) is 24.7 Å². The quantitative estimate of drug-likeness (QED) is 0.609. The minimum Gasteiger partial charge on any atom is -0.356 e. The Kier molecular flexibility index (Phi) is 5.85. The summed E-state index contributed by atoms with van der Waals surface area (Å²) in [5.41, 5.74) is 0. The number of guanidine groups is 1. The Hall–Kier alpha value is -1.10. The van der Waals surface area contributed by atoms with Crippen molar-refractivity contribution in [3.8, 4) is 0 Å². The van der Waals surface area contributed by atoms with Crippen LogP contribution < -0.4 is 10.6 Å². The summed E-state index contributed by atoms with van der Waals surface area (Å²) in [7, 11) is 1.78. The minimum atomic E-state index is 0.744. The molecule has 2 N–H and O–H groups in total. The fraction of sp³-hybridized carbons (Fsp3) is 0.636. The van der Waals surface area contributed by atoms with E-state index in [2.05, 4.69) is 34.5 Å². The zero-order chi connectivity index (χ0) is 11.8. The molecule has 1 heterocycles. The summed E-state index contributed by atoms with van der Waals surface area (Å²) in [6, 6.07) is 0. The molecule has 0 aliphatic carbocycles. The van der Waals surface area contributed by atoms with Crippen LogP contribution in [-0.2, 0) is 13.0 Å². The molecule has 0 unspecified atom stereocenters. The molecule has 90 valence electrons. The lowest BCUT2D eigenvalue weighted by molar-refractivity contribution is 0.779. The first-order chi connectivity index (χ1) is 7.80. The zero-order valence-corrected chi connectivity index (χ0v) is 11.0. The van der Waals surface area contributed by atoms with E-state index in [0.29, 0.717) is 0 Å². The lowest BCUT2D eigenvalue weighted by atomic mass is 10.4. The average Bonchev–Trinajstić information content (AvgIpc) is 2.77. The third-order valence-electron chi connectivity index (χ3n) is 2.12. The van der Waals surface area contributed by atoms with Gasteiger partial charge in [-0.15, -0.1) is 11.3 Å². The standard InChI is InChI=1S/C11H20N4S/c1-4-6-13-11(12-3)15-8-10-14-7-9(5-2)16-10/h7H,4-6,8H2,1-3H3,(H2,12,13,15). The van der Waals surface area contributed by atoms with Crippen molar-refractivity contribution < 1.29 is 0 Å². The lowest BCUT2D eigenvalue weighted by Gasteiger charge is -2.09. The van der Waals surface area contributed by atoms with E-state index in [9.17, 15) is 0 Å². The monoisotopic (exact) mass is 240 g/mol. The molecule has 0 saturated heterocycles. The van der Waals surface area contributed by atoms with Gasteiger partial charge in [-0.3, -0.25) is 4.99 Å². The topological polar surface area (TPSA) is 49.3 Å². The fourth-order valence-corrected chi connectivity index (χ4v) is 2.02. The van der Waals surface area contributed by atoms with Gasteiger partial charge in [-0.2, -0.15) is 0 Å². The smallest absolute Gasteiger partial charge is 0.191 e. The summed E-state index contributed by atoms with van der Waals surface area (Å²) in [5, 5.41) is 7.58. The summed E-state index contributed by atoms with van der Waals surface area (Å²) in [4.78, 5) is 9.81. The SMILES string of the molecule is CCCNC(=NC)NCc1ncc(CC)s1. The van der Waals surface area contributed by atoms with Gasteiger partial charge in [0.15, 0.2) is 5.96 Å². The fourth-order valence-electron chi connectivity index (χ4n) is 1.22. The van der Waals surface area contributed by atoms with Crippen molar-refractivity contribution in [2.24, 2.45) is 4.99 Å². The van der Waals surface area contributed by atoms with Crippen LogP contribution in [0.15, 0.2) is 11.2 Å². The van der Waals surface area contributed by atoms with Crippen LogP contribution >= 0.6 is 11.3 Å². The summed E-state index contributed by atoms with van der Waals surface area (Å²) in [5.74, 6) is 0.843. The molecule has 5 heteroatoms. The van der Waals surface area contributed by atoms with E-state index < -0.39 is 0 Å². The number of nitrogens with zero attached hydrogens (tertiary/aromatic N) is 2. The second-order valence-electron chi connectivity index (χ2n) is 3.43. The van der Waals surface area contributed by atoms with Crippen molar-refractivity contribution >= 4 is 17.3 Å². The first-order valence-corrected chi connectivity index (χ1v) is 6.49. The van der Waals surface area contributed by atoms with Gasteiger partial charge >= 0.3 is 0 Å². The predicted molar refractivity (Wildman–Crippen MR) is 70.0 cm³/mol. The van der Waals surface area contributed by atoms with Crippen LogP contribution in [0, 0.1) is 0 Å². The number of nitrogens with one attached hydrogen (secondary N) is 2. The van der Waals surface area contributed by atoms with Crippen LogP contribution in [0.2, 0.25) is 0 Å². The Morgan fingerprint density at radius 1 is 1.44 bits per heavy atom. The minimum absolute atomic E-state index is 0.744. The van der Waals surface area contributed by atoms with Crippen molar-refractivity contribution in [3.63, 3.8) is 0 Å². The highest BCUT2D eigenvalue weighted by molar-refractivity contribution is 7.11. The number of thiazole rings is 1. The highest BCUT2D eigenvalue weighted by Crippen LogP contribution is 2.12. The molecule has 1 aromatic rings. The van der Waals surface area contributed by atoms with Gasteiger partial charge in [-0.1, -0.05) is 13.8 Å². The van der Waals surface area contributed by atoms with Crippen molar-refractivity contribution in [2.45, 2.75) is 33.2 Å². The molecule has 0 bridgehead atoms. The Morgan fingerprint density at radius 3 is 2.81 bits per heavy atom. The summed E-state index contributed by atoms with van der Waals surface area (Å²) < 4.78 is 0. The highest BCUT2D eigenvalue weighted by Gasteiger charge is 2.01. The van der Waals surface area contributed by atoms with E-state index >= 15 is 0 Å². The Bertz CT molecular complexity index is 332. The van der Waals surface area contributed by atoms with Gasteiger partial charge in [0.2, 0.25) is 0 Å². The Balaban J connectivity index is 2.37. The van der Waals surface area contributed by atoms with Crippen molar-refractivity contribution in [2.75, 3.05) is 13.6 Å². The average molecular weight is 240 g/mol. The van der Waals surface area contributed by atoms with Crippen molar-refractivity contribution in [1.29, 1.82) is 0 Å². The van der Waals surface area contributed by atoms with Crippen LogP contribution in [0.5, 0.6) is 0 Å². The Labute approximate surface area is 101 Å². The van der Waals surface area contributed by atoms with Crippen LogP contribution in [0.1, 0.15) is 30.2 Å². The summed E-state index contributed by atoms with van der Waals surface area (Å²) >= 11 is 1.75. The maximum absolute atomic E-state index is 4.35. The van der Waals surface area contributed by atoms with Gasteiger partial charge in [0.1, 0.15) is 5.01 Å². The number of aliphatic imine (C=N–C) groups is 1. The third kappa shape index (κ3) is 4.18. The molecule has 0 saturated carbocycles. The van der Waals surface area contributed by atoms with Crippen LogP contribution in [0.3, 0.4) is 0 Å². The molecule has 0 amide bonds. The number of rotatable bonds is 5. The summed E-state index contributed by atoms with van der Waals surface area (Å²) in [6.45, 7) is 5.97. The molecule has 1 rings (SSSR count). The van der Waals surface area contributed by atoms with E-state index in [4.69, 9.17) is 0 Å². The van der Waals surface area contributed by atoms with Crippen molar-refractivity contribution in [1.82, 2.24) is 15.6 Å². The molecule has 0 radical (unpaired) electrons.